The molecule has 0 unspecified atom stereocenters. The number of hydrogen-bond acceptors (Lipinski definition) is 4. The molecule has 0 saturated carbocycles. The van der Waals surface area contributed by atoms with Gasteiger partial charge in [0.1, 0.15) is 5.75 Å². The Kier molecular flexibility index (Phi) is 4.44. The standard InChI is InChI=1S/C12H12Cl2N2O2/c1-2-3-11-15-12(18-16-11)7-17-10-5-4-8(13)6-9(10)14/h4-6H,2-3,7H2,1H3. The van der Waals surface area contributed by atoms with Crippen LogP contribution in [-0.2, 0) is 13.0 Å². The number of benzene rings is 1. The molecule has 0 aliphatic rings. The lowest BCUT2D eigenvalue weighted by atomic mass is 10.3. The van der Waals surface area contributed by atoms with Crippen LogP contribution >= 0.6 is 23.2 Å². The van der Waals surface area contributed by atoms with Crippen molar-refractivity contribution in [3.8, 4) is 5.75 Å². The van der Waals surface area contributed by atoms with E-state index >= 15 is 0 Å². The number of aryl methyl sites for hydroxylation is 1. The van der Waals surface area contributed by atoms with E-state index in [4.69, 9.17) is 32.5 Å². The smallest absolute Gasteiger partial charge is 0.264 e. The van der Waals surface area contributed by atoms with Gasteiger partial charge in [-0.25, -0.2) is 0 Å². The van der Waals surface area contributed by atoms with E-state index < -0.39 is 0 Å². The Hall–Kier alpha value is -1.26. The zero-order valence-corrected chi connectivity index (χ0v) is 11.3. The van der Waals surface area contributed by atoms with Gasteiger partial charge in [0.2, 0.25) is 0 Å². The molecular formula is C12H12Cl2N2O2. The van der Waals surface area contributed by atoms with Crippen LogP contribution in [0, 0.1) is 0 Å². The maximum absolute atomic E-state index is 5.97. The molecule has 1 aromatic heterocycles. The van der Waals surface area contributed by atoms with Crippen molar-refractivity contribution >= 4 is 23.2 Å². The molecule has 0 aliphatic carbocycles. The maximum atomic E-state index is 5.97. The summed E-state index contributed by atoms with van der Waals surface area (Å²) in [6.45, 7) is 2.25. The first-order valence-electron chi connectivity index (χ1n) is 5.58. The molecule has 0 aliphatic heterocycles. The van der Waals surface area contributed by atoms with Crippen LogP contribution in [0.25, 0.3) is 0 Å². The third kappa shape index (κ3) is 3.37. The van der Waals surface area contributed by atoms with E-state index in [2.05, 4.69) is 17.1 Å². The fourth-order valence-electron chi connectivity index (χ4n) is 1.41. The van der Waals surface area contributed by atoms with Crippen molar-refractivity contribution in [2.45, 2.75) is 26.4 Å². The lowest BCUT2D eigenvalue weighted by molar-refractivity contribution is 0.242. The Morgan fingerprint density at radius 2 is 2.17 bits per heavy atom. The van der Waals surface area contributed by atoms with Gasteiger partial charge in [-0.2, -0.15) is 4.98 Å². The van der Waals surface area contributed by atoms with Crippen molar-refractivity contribution in [3.05, 3.63) is 40.0 Å². The van der Waals surface area contributed by atoms with Gasteiger partial charge in [-0.3, -0.25) is 0 Å². The topological polar surface area (TPSA) is 48.2 Å². The van der Waals surface area contributed by atoms with Crippen molar-refractivity contribution in [2.24, 2.45) is 0 Å². The van der Waals surface area contributed by atoms with Gasteiger partial charge in [0.05, 0.1) is 5.02 Å². The predicted octanol–water partition coefficient (Wildman–Crippen LogP) is 3.91. The highest BCUT2D eigenvalue weighted by molar-refractivity contribution is 6.35. The van der Waals surface area contributed by atoms with Gasteiger partial charge in [-0.1, -0.05) is 35.3 Å². The number of aromatic nitrogens is 2. The first-order valence-corrected chi connectivity index (χ1v) is 6.34. The molecule has 0 fully saturated rings. The lowest BCUT2D eigenvalue weighted by Crippen LogP contribution is -1.96. The van der Waals surface area contributed by atoms with Crippen molar-refractivity contribution in [3.63, 3.8) is 0 Å². The molecule has 96 valence electrons. The molecule has 1 aromatic carbocycles. The SMILES string of the molecule is CCCc1noc(COc2ccc(Cl)cc2Cl)n1. The van der Waals surface area contributed by atoms with Crippen molar-refractivity contribution in [1.82, 2.24) is 10.1 Å². The second kappa shape index (κ2) is 6.07. The van der Waals surface area contributed by atoms with Gasteiger partial charge in [0, 0.05) is 11.4 Å². The van der Waals surface area contributed by atoms with E-state index in [0.29, 0.717) is 27.5 Å². The van der Waals surface area contributed by atoms with E-state index in [1.807, 2.05) is 0 Å². The van der Waals surface area contributed by atoms with Crippen molar-refractivity contribution in [1.29, 1.82) is 0 Å². The molecule has 0 amide bonds. The molecule has 4 nitrogen and oxygen atoms in total. The second-order valence-electron chi connectivity index (χ2n) is 3.72. The molecule has 0 spiro atoms. The number of nitrogens with zero attached hydrogens (tertiary/aromatic N) is 2. The zero-order chi connectivity index (χ0) is 13.0. The molecule has 6 heteroatoms. The minimum absolute atomic E-state index is 0.193. The average molecular weight is 287 g/mol. The summed E-state index contributed by atoms with van der Waals surface area (Å²) in [5.74, 6) is 1.67. The first kappa shape index (κ1) is 13.2. The normalized spacial score (nSPS) is 10.6. The first-order chi connectivity index (χ1) is 8.69. The highest BCUT2D eigenvalue weighted by Crippen LogP contribution is 2.27. The Balaban J connectivity index is 1.97. The van der Waals surface area contributed by atoms with E-state index in [-0.39, 0.29) is 6.61 Å². The quantitative estimate of drug-likeness (QED) is 0.836. The van der Waals surface area contributed by atoms with Crippen LogP contribution < -0.4 is 4.74 Å². The van der Waals surface area contributed by atoms with E-state index in [0.717, 1.165) is 12.8 Å². The fourth-order valence-corrected chi connectivity index (χ4v) is 1.87. The Labute approximate surface area is 115 Å². The summed E-state index contributed by atoms with van der Waals surface area (Å²) in [6, 6.07) is 5.03. The number of hydrogen-bond donors (Lipinski definition) is 0. The minimum Gasteiger partial charge on any atom is -0.482 e. The molecular weight excluding hydrogens is 275 g/mol. The average Bonchev–Trinajstić information content (AvgIpc) is 2.76. The summed E-state index contributed by atoms with van der Waals surface area (Å²) in [5, 5.41) is 4.85. The van der Waals surface area contributed by atoms with Crippen LogP contribution in [0.3, 0.4) is 0 Å². The summed E-state index contributed by atoms with van der Waals surface area (Å²) in [6.07, 6.45) is 1.77. The molecule has 0 radical (unpaired) electrons. The predicted molar refractivity (Wildman–Crippen MR) is 69.1 cm³/mol. The summed E-state index contributed by atoms with van der Waals surface area (Å²) in [7, 11) is 0. The van der Waals surface area contributed by atoms with Crippen LogP contribution in [0.15, 0.2) is 22.7 Å². The van der Waals surface area contributed by atoms with E-state index in [1.54, 1.807) is 18.2 Å². The minimum atomic E-state index is 0.193. The largest absolute Gasteiger partial charge is 0.482 e. The molecule has 2 aromatic rings. The maximum Gasteiger partial charge on any atom is 0.264 e. The van der Waals surface area contributed by atoms with Crippen molar-refractivity contribution in [2.75, 3.05) is 0 Å². The molecule has 0 atom stereocenters. The highest BCUT2D eigenvalue weighted by Gasteiger charge is 2.08. The van der Waals surface area contributed by atoms with Gasteiger partial charge in [0.25, 0.3) is 5.89 Å². The molecule has 0 bridgehead atoms. The van der Waals surface area contributed by atoms with Gasteiger partial charge >= 0.3 is 0 Å². The monoisotopic (exact) mass is 286 g/mol. The Morgan fingerprint density at radius 1 is 1.33 bits per heavy atom. The molecule has 0 saturated heterocycles. The molecule has 2 rings (SSSR count). The third-order valence-corrected chi connectivity index (χ3v) is 2.76. The van der Waals surface area contributed by atoms with Gasteiger partial charge in [0.15, 0.2) is 12.4 Å². The van der Waals surface area contributed by atoms with Crippen LogP contribution in [-0.4, -0.2) is 10.1 Å². The summed E-state index contributed by atoms with van der Waals surface area (Å²) >= 11 is 11.8. The Bertz CT molecular complexity index is 529. The Morgan fingerprint density at radius 3 is 2.89 bits per heavy atom. The molecule has 18 heavy (non-hydrogen) atoms. The zero-order valence-electron chi connectivity index (χ0n) is 9.82. The van der Waals surface area contributed by atoms with Crippen LogP contribution in [0.4, 0.5) is 0 Å². The van der Waals surface area contributed by atoms with Crippen LogP contribution in [0.2, 0.25) is 10.0 Å². The van der Waals surface area contributed by atoms with E-state index in [9.17, 15) is 0 Å². The van der Waals surface area contributed by atoms with Gasteiger partial charge in [-0.15, -0.1) is 0 Å². The fraction of sp³-hybridized carbons (Fsp3) is 0.333. The van der Waals surface area contributed by atoms with Crippen LogP contribution in [0.5, 0.6) is 5.75 Å². The second-order valence-corrected chi connectivity index (χ2v) is 4.56. The molecule has 1 heterocycles. The lowest BCUT2D eigenvalue weighted by Gasteiger charge is -2.05. The summed E-state index contributed by atoms with van der Waals surface area (Å²) < 4.78 is 10.5. The summed E-state index contributed by atoms with van der Waals surface area (Å²) in [4.78, 5) is 4.19. The molecule has 0 N–H and O–H groups in total. The highest BCUT2D eigenvalue weighted by atomic mass is 35.5. The van der Waals surface area contributed by atoms with E-state index in [1.165, 1.54) is 0 Å². The van der Waals surface area contributed by atoms with Gasteiger partial charge < -0.3 is 9.26 Å². The van der Waals surface area contributed by atoms with Crippen LogP contribution in [0.1, 0.15) is 25.1 Å². The van der Waals surface area contributed by atoms with Crippen molar-refractivity contribution < 1.29 is 9.26 Å². The summed E-state index contributed by atoms with van der Waals surface area (Å²) in [5.41, 5.74) is 0. The number of rotatable bonds is 5. The third-order valence-electron chi connectivity index (χ3n) is 2.23. The number of ether oxygens (including phenoxy) is 1. The van der Waals surface area contributed by atoms with Gasteiger partial charge in [-0.05, 0) is 24.6 Å². The number of halogens is 2.